The van der Waals surface area contributed by atoms with Crippen molar-refractivity contribution in [3.05, 3.63) is 57.5 Å². The van der Waals surface area contributed by atoms with Crippen LogP contribution in [0.5, 0.6) is 0 Å². The van der Waals surface area contributed by atoms with Gasteiger partial charge in [-0.15, -0.1) is 0 Å². The predicted molar refractivity (Wildman–Crippen MR) is 101 cm³/mol. The lowest BCUT2D eigenvalue weighted by atomic mass is 10.0. The Kier molecular flexibility index (Phi) is 5.54. The number of rotatable bonds is 4. The topological polar surface area (TPSA) is 76.6 Å². The molecule has 1 fully saturated rings. The highest BCUT2D eigenvalue weighted by atomic mass is 16.3. The van der Waals surface area contributed by atoms with E-state index < -0.39 is 0 Å². The quantitative estimate of drug-likeness (QED) is 0.869. The van der Waals surface area contributed by atoms with Crippen LogP contribution >= 0.6 is 0 Å². The van der Waals surface area contributed by atoms with E-state index in [1.54, 1.807) is 12.1 Å². The van der Waals surface area contributed by atoms with Crippen molar-refractivity contribution in [2.24, 2.45) is 0 Å². The second-order valence-electron chi connectivity index (χ2n) is 6.76. The molecule has 0 unspecified atom stereocenters. The van der Waals surface area contributed by atoms with Gasteiger partial charge in [0.1, 0.15) is 0 Å². The van der Waals surface area contributed by atoms with Gasteiger partial charge in [0.15, 0.2) is 0 Å². The van der Waals surface area contributed by atoms with Gasteiger partial charge in [-0.3, -0.25) is 14.5 Å². The van der Waals surface area contributed by atoms with Crippen LogP contribution in [0.1, 0.15) is 21.6 Å². The Balaban J connectivity index is 1.81. The minimum absolute atomic E-state index is 0.0178. The maximum atomic E-state index is 12.8. The van der Waals surface area contributed by atoms with E-state index in [0.29, 0.717) is 30.8 Å². The highest BCUT2D eigenvalue weighted by Crippen LogP contribution is 2.20. The third-order valence-electron chi connectivity index (χ3n) is 4.99. The minimum atomic E-state index is -0.143. The second kappa shape index (κ2) is 7.85. The van der Waals surface area contributed by atoms with Gasteiger partial charge in [-0.2, -0.15) is 0 Å². The Morgan fingerprint density at radius 2 is 1.88 bits per heavy atom. The average molecular weight is 355 g/mol. The molecule has 138 valence electrons. The first-order valence-electron chi connectivity index (χ1n) is 8.93. The summed E-state index contributed by atoms with van der Waals surface area (Å²) in [6, 6.07) is 9.13. The number of hydrogen-bond donors (Lipinski definition) is 2. The standard InChI is InChI=1S/C20H25N3O3/c1-14-12-18(19(25)21-15(14)2)16-4-3-5-17(13-16)20(26)23-8-6-22(7-9-23)10-11-24/h3-5,12-13,24H,6-11H2,1-2H3,(H,21,25). The molecule has 1 aliphatic rings. The van der Waals surface area contributed by atoms with Crippen LogP contribution in [0.4, 0.5) is 0 Å². The van der Waals surface area contributed by atoms with E-state index in [1.807, 2.05) is 36.9 Å². The summed E-state index contributed by atoms with van der Waals surface area (Å²) in [4.78, 5) is 32.0. The summed E-state index contributed by atoms with van der Waals surface area (Å²) in [6.45, 7) is 7.44. The van der Waals surface area contributed by atoms with Crippen molar-refractivity contribution in [1.29, 1.82) is 0 Å². The SMILES string of the molecule is Cc1cc(-c2cccc(C(=O)N3CCN(CCO)CC3)c2)c(=O)[nH]c1C. The second-order valence-corrected chi connectivity index (χ2v) is 6.76. The molecule has 0 bridgehead atoms. The van der Waals surface area contributed by atoms with Gasteiger partial charge in [0, 0.05) is 49.5 Å². The van der Waals surface area contributed by atoms with E-state index in [-0.39, 0.29) is 18.1 Å². The zero-order valence-corrected chi connectivity index (χ0v) is 15.3. The summed E-state index contributed by atoms with van der Waals surface area (Å²) in [5, 5.41) is 9.02. The van der Waals surface area contributed by atoms with E-state index in [9.17, 15) is 9.59 Å². The van der Waals surface area contributed by atoms with Gasteiger partial charge in [0.25, 0.3) is 11.5 Å². The summed E-state index contributed by atoms with van der Waals surface area (Å²) in [5.41, 5.74) is 3.64. The summed E-state index contributed by atoms with van der Waals surface area (Å²) in [6.07, 6.45) is 0. The number of H-pyrrole nitrogens is 1. The summed E-state index contributed by atoms with van der Waals surface area (Å²) in [5.74, 6) is -0.0178. The smallest absolute Gasteiger partial charge is 0.256 e. The van der Waals surface area contributed by atoms with Crippen molar-refractivity contribution in [3.63, 3.8) is 0 Å². The number of hydrogen-bond acceptors (Lipinski definition) is 4. The first kappa shape index (κ1) is 18.4. The first-order chi connectivity index (χ1) is 12.5. The van der Waals surface area contributed by atoms with Crippen molar-refractivity contribution in [2.75, 3.05) is 39.3 Å². The molecule has 6 heteroatoms. The van der Waals surface area contributed by atoms with Gasteiger partial charge in [-0.1, -0.05) is 12.1 Å². The normalized spacial score (nSPS) is 15.3. The molecule has 1 aromatic heterocycles. The van der Waals surface area contributed by atoms with E-state index in [4.69, 9.17) is 5.11 Å². The number of nitrogens with one attached hydrogen (secondary N) is 1. The molecule has 6 nitrogen and oxygen atoms in total. The number of aliphatic hydroxyl groups is 1. The number of aliphatic hydroxyl groups excluding tert-OH is 1. The van der Waals surface area contributed by atoms with Crippen LogP contribution in [0, 0.1) is 13.8 Å². The van der Waals surface area contributed by atoms with Crippen molar-refractivity contribution in [1.82, 2.24) is 14.8 Å². The Morgan fingerprint density at radius 1 is 1.15 bits per heavy atom. The molecule has 1 amide bonds. The third-order valence-corrected chi connectivity index (χ3v) is 4.99. The molecular weight excluding hydrogens is 330 g/mol. The molecule has 1 aliphatic heterocycles. The van der Waals surface area contributed by atoms with Crippen LogP contribution in [0.3, 0.4) is 0 Å². The van der Waals surface area contributed by atoms with Gasteiger partial charge < -0.3 is 15.0 Å². The zero-order chi connectivity index (χ0) is 18.7. The zero-order valence-electron chi connectivity index (χ0n) is 15.3. The van der Waals surface area contributed by atoms with Crippen molar-refractivity contribution < 1.29 is 9.90 Å². The van der Waals surface area contributed by atoms with Crippen LogP contribution in [0.2, 0.25) is 0 Å². The Labute approximate surface area is 153 Å². The number of aromatic amines is 1. The fourth-order valence-corrected chi connectivity index (χ4v) is 3.26. The van der Waals surface area contributed by atoms with E-state index >= 15 is 0 Å². The minimum Gasteiger partial charge on any atom is -0.395 e. The molecule has 3 rings (SSSR count). The maximum absolute atomic E-state index is 12.8. The molecular formula is C20H25N3O3. The van der Waals surface area contributed by atoms with Crippen LogP contribution in [-0.4, -0.2) is 65.1 Å². The Bertz CT molecular complexity index is 852. The van der Waals surface area contributed by atoms with Crippen molar-refractivity contribution in [3.8, 4) is 11.1 Å². The van der Waals surface area contributed by atoms with Crippen molar-refractivity contribution >= 4 is 5.91 Å². The number of β-amino-alcohol motifs (C(OH)–C–C–N with tert-alkyl or cyclic N) is 1. The number of aryl methyl sites for hydroxylation is 2. The molecule has 2 aromatic rings. The molecule has 0 radical (unpaired) electrons. The van der Waals surface area contributed by atoms with Crippen LogP contribution in [0.25, 0.3) is 11.1 Å². The van der Waals surface area contributed by atoms with E-state index in [1.165, 1.54) is 0 Å². The summed E-state index contributed by atoms with van der Waals surface area (Å²) >= 11 is 0. The molecule has 1 saturated heterocycles. The van der Waals surface area contributed by atoms with Gasteiger partial charge in [-0.25, -0.2) is 0 Å². The molecule has 0 spiro atoms. The molecule has 2 N–H and O–H groups in total. The number of aromatic nitrogens is 1. The third kappa shape index (κ3) is 3.86. The summed E-state index contributed by atoms with van der Waals surface area (Å²) in [7, 11) is 0. The highest BCUT2D eigenvalue weighted by Gasteiger charge is 2.22. The monoisotopic (exact) mass is 355 g/mol. The van der Waals surface area contributed by atoms with E-state index in [2.05, 4.69) is 9.88 Å². The predicted octanol–water partition coefficient (Wildman–Crippen LogP) is 1.41. The Hall–Kier alpha value is -2.44. The number of nitrogens with zero attached hydrogens (tertiary/aromatic N) is 2. The maximum Gasteiger partial charge on any atom is 0.256 e. The Morgan fingerprint density at radius 3 is 2.58 bits per heavy atom. The number of carbonyl (C=O) groups excluding carboxylic acids is 1. The lowest BCUT2D eigenvalue weighted by Gasteiger charge is -2.34. The number of carbonyl (C=O) groups is 1. The lowest BCUT2D eigenvalue weighted by Crippen LogP contribution is -2.49. The lowest BCUT2D eigenvalue weighted by molar-refractivity contribution is 0.0615. The average Bonchev–Trinajstić information content (AvgIpc) is 2.65. The van der Waals surface area contributed by atoms with Gasteiger partial charge >= 0.3 is 0 Å². The van der Waals surface area contributed by atoms with Gasteiger partial charge in [0.05, 0.1) is 6.61 Å². The first-order valence-corrected chi connectivity index (χ1v) is 8.93. The van der Waals surface area contributed by atoms with E-state index in [0.717, 1.165) is 29.9 Å². The van der Waals surface area contributed by atoms with Crippen LogP contribution in [-0.2, 0) is 0 Å². The van der Waals surface area contributed by atoms with Crippen LogP contribution in [0.15, 0.2) is 35.1 Å². The molecule has 0 atom stereocenters. The molecule has 1 aromatic carbocycles. The molecule has 26 heavy (non-hydrogen) atoms. The summed E-state index contributed by atoms with van der Waals surface area (Å²) < 4.78 is 0. The molecule has 2 heterocycles. The van der Waals surface area contributed by atoms with Gasteiger partial charge in [-0.05, 0) is 43.2 Å². The molecule has 0 saturated carbocycles. The number of pyridine rings is 1. The van der Waals surface area contributed by atoms with Crippen LogP contribution < -0.4 is 5.56 Å². The number of amides is 1. The highest BCUT2D eigenvalue weighted by molar-refractivity contribution is 5.95. The number of piperazine rings is 1. The molecule has 0 aliphatic carbocycles. The van der Waals surface area contributed by atoms with Gasteiger partial charge in [0.2, 0.25) is 0 Å². The number of benzene rings is 1. The largest absolute Gasteiger partial charge is 0.395 e. The fourth-order valence-electron chi connectivity index (χ4n) is 3.26. The van der Waals surface area contributed by atoms with Crippen molar-refractivity contribution in [2.45, 2.75) is 13.8 Å². The fraction of sp³-hybridized carbons (Fsp3) is 0.400.